The van der Waals surface area contributed by atoms with Crippen LogP contribution in [0.1, 0.15) is 28.4 Å². The number of carbonyl (C=O) groups is 1. The molecular formula is C11H16N2O3S. The molecule has 1 aromatic carbocycles. The molecule has 0 bridgehead atoms. The van der Waals surface area contributed by atoms with Gasteiger partial charge in [-0.15, -0.1) is 0 Å². The lowest BCUT2D eigenvalue weighted by Gasteiger charge is -2.10. The normalized spacial score (nSPS) is 11.3. The number of hydrogen-bond donors (Lipinski definition) is 2. The van der Waals surface area contributed by atoms with Crippen LogP contribution < -0.4 is 10.5 Å². The van der Waals surface area contributed by atoms with E-state index in [0.29, 0.717) is 17.7 Å². The number of sulfonamides is 1. The van der Waals surface area contributed by atoms with E-state index in [0.717, 1.165) is 5.56 Å². The third kappa shape index (κ3) is 3.04. The Kier molecular flexibility index (Phi) is 3.90. The molecule has 0 spiro atoms. The number of benzene rings is 1. The summed E-state index contributed by atoms with van der Waals surface area (Å²) in [4.78, 5) is 11.6. The minimum atomic E-state index is -3.81. The number of primary sulfonamides is 1. The second-order valence-electron chi connectivity index (χ2n) is 3.82. The monoisotopic (exact) mass is 256 g/mol. The molecule has 0 saturated heterocycles. The van der Waals surface area contributed by atoms with Gasteiger partial charge in [0.15, 0.2) is 0 Å². The van der Waals surface area contributed by atoms with Crippen LogP contribution in [0.4, 0.5) is 0 Å². The quantitative estimate of drug-likeness (QED) is 0.834. The maximum atomic E-state index is 11.6. The lowest BCUT2D eigenvalue weighted by Crippen LogP contribution is -2.24. The SMILES string of the molecule is CCNC(=O)c1cc(C)c(C)c(S(N)(=O)=O)c1. The molecule has 0 aliphatic heterocycles. The van der Waals surface area contributed by atoms with E-state index >= 15 is 0 Å². The summed E-state index contributed by atoms with van der Waals surface area (Å²) < 4.78 is 22.8. The predicted octanol–water partition coefficient (Wildman–Crippen LogP) is 0.701. The third-order valence-electron chi connectivity index (χ3n) is 2.53. The molecule has 17 heavy (non-hydrogen) atoms. The summed E-state index contributed by atoms with van der Waals surface area (Å²) in [6, 6.07) is 2.96. The number of nitrogens with one attached hydrogen (secondary N) is 1. The molecule has 1 rings (SSSR count). The van der Waals surface area contributed by atoms with Gasteiger partial charge < -0.3 is 5.32 Å². The molecule has 0 aromatic heterocycles. The fraction of sp³-hybridized carbons (Fsp3) is 0.364. The fourth-order valence-electron chi connectivity index (χ4n) is 1.52. The largest absolute Gasteiger partial charge is 0.352 e. The van der Waals surface area contributed by atoms with Gasteiger partial charge in [0, 0.05) is 12.1 Å². The minimum Gasteiger partial charge on any atom is -0.352 e. The zero-order valence-electron chi connectivity index (χ0n) is 10.1. The second-order valence-corrected chi connectivity index (χ2v) is 5.35. The molecule has 0 aliphatic rings. The first kappa shape index (κ1) is 13.7. The molecular weight excluding hydrogens is 240 g/mol. The lowest BCUT2D eigenvalue weighted by atomic mass is 10.1. The summed E-state index contributed by atoms with van der Waals surface area (Å²) in [7, 11) is -3.81. The van der Waals surface area contributed by atoms with Gasteiger partial charge in [-0.25, -0.2) is 13.6 Å². The Morgan fingerprint density at radius 2 is 1.94 bits per heavy atom. The molecule has 0 saturated carbocycles. The van der Waals surface area contributed by atoms with Crippen molar-refractivity contribution < 1.29 is 13.2 Å². The van der Waals surface area contributed by atoms with Crippen LogP contribution in [0.5, 0.6) is 0 Å². The Morgan fingerprint density at radius 3 is 2.41 bits per heavy atom. The van der Waals surface area contributed by atoms with Gasteiger partial charge in [-0.3, -0.25) is 4.79 Å². The summed E-state index contributed by atoms with van der Waals surface area (Å²) in [6.07, 6.45) is 0. The number of rotatable bonds is 3. The molecule has 0 unspecified atom stereocenters. The maximum absolute atomic E-state index is 11.6. The van der Waals surface area contributed by atoms with Gasteiger partial charge in [-0.05, 0) is 44.0 Å². The van der Waals surface area contributed by atoms with E-state index in [1.54, 1.807) is 26.8 Å². The molecule has 6 heteroatoms. The average molecular weight is 256 g/mol. The van der Waals surface area contributed by atoms with E-state index in [1.807, 2.05) is 0 Å². The highest BCUT2D eigenvalue weighted by Crippen LogP contribution is 2.19. The maximum Gasteiger partial charge on any atom is 0.251 e. The smallest absolute Gasteiger partial charge is 0.251 e. The minimum absolute atomic E-state index is 0.00115. The third-order valence-corrected chi connectivity index (χ3v) is 3.56. The van der Waals surface area contributed by atoms with Crippen molar-refractivity contribution in [1.82, 2.24) is 5.32 Å². The van der Waals surface area contributed by atoms with E-state index in [9.17, 15) is 13.2 Å². The summed E-state index contributed by atoms with van der Waals surface area (Å²) in [5, 5.41) is 7.72. The van der Waals surface area contributed by atoms with Crippen LogP contribution in [0, 0.1) is 13.8 Å². The Bertz CT molecular complexity index is 550. The van der Waals surface area contributed by atoms with Crippen molar-refractivity contribution in [2.45, 2.75) is 25.7 Å². The highest BCUT2D eigenvalue weighted by molar-refractivity contribution is 7.89. The molecule has 1 amide bonds. The number of hydrogen-bond acceptors (Lipinski definition) is 3. The van der Waals surface area contributed by atoms with Crippen LogP contribution in [-0.4, -0.2) is 20.9 Å². The van der Waals surface area contributed by atoms with Gasteiger partial charge in [0.05, 0.1) is 4.90 Å². The van der Waals surface area contributed by atoms with Crippen LogP contribution in [0.15, 0.2) is 17.0 Å². The van der Waals surface area contributed by atoms with Gasteiger partial charge in [-0.1, -0.05) is 0 Å². The van der Waals surface area contributed by atoms with E-state index in [1.165, 1.54) is 6.07 Å². The molecule has 0 aliphatic carbocycles. The average Bonchev–Trinajstić information content (AvgIpc) is 2.20. The van der Waals surface area contributed by atoms with Crippen molar-refractivity contribution in [3.8, 4) is 0 Å². The summed E-state index contributed by atoms with van der Waals surface area (Å²) in [5.74, 6) is -0.305. The van der Waals surface area contributed by atoms with Gasteiger partial charge in [0.1, 0.15) is 0 Å². The number of carbonyl (C=O) groups excluding carboxylic acids is 1. The van der Waals surface area contributed by atoms with E-state index in [-0.39, 0.29) is 10.8 Å². The lowest BCUT2D eigenvalue weighted by molar-refractivity contribution is 0.0955. The van der Waals surface area contributed by atoms with Crippen molar-refractivity contribution in [2.24, 2.45) is 5.14 Å². The number of amides is 1. The predicted molar refractivity (Wildman–Crippen MR) is 65.3 cm³/mol. The van der Waals surface area contributed by atoms with Gasteiger partial charge in [0.25, 0.3) is 5.91 Å². The summed E-state index contributed by atoms with van der Waals surface area (Å²) in [5.41, 5.74) is 1.59. The van der Waals surface area contributed by atoms with Crippen molar-refractivity contribution in [1.29, 1.82) is 0 Å². The Balaban J connectivity index is 3.39. The van der Waals surface area contributed by atoms with Crippen LogP contribution >= 0.6 is 0 Å². The standard InChI is InChI=1S/C11H16N2O3S/c1-4-13-11(14)9-5-7(2)8(3)10(6-9)17(12,15)16/h5-6H,4H2,1-3H3,(H,13,14)(H2,12,15,16). The van der Waals surface area contributed by atoms with E-state index in [4.69, 9.17) is 5.14 Å². The molecule has 0 heterocycles. The Labute approximate surface area is 101 Å². The number of nitrogens with two attached hydrogens (primary N) is 1. The van der Waals surface area contributed by atoms with E-state index < -0.39 is 10.0 Å². The van der Waals surface area contributed by atoms with Gasteiger partial charge in [0.2, 0.25) is 10.0 Å². The van der Waals surface area contributed by atoms with Crippen LogP contribution in [0.25, 0.3) is 0 Å². The fourth-order valence-corrected chi connectivity index (χ4v) is 2.40. The molecule has 1 aromatic rings. The number of aryl methyl sites for hydroxylation is 1. The van der Waals surface area contributed by atoms with Gasteiger partial charge >= 0.3 is 0 Å². The zero-order chi connectivity index (χ0) is 13.2. The van der Waals surface area contributed by atoms with Crippen molar-refractivity contribution in [3.05, 3.63) is 28.8 Å². The highest BCUT2D eigenvalue weighted by atomic mass is 32.2. The summed E-state index contributed by atoms with van der Waals surface area (Å²) >= 11 is 0. The molecule has 0 radical (unpaired) electrons. The molecule has 5 nitrogen and oxygen atoms in total. The van der Waals surface area contributed by atoms with E-state index in [2.05, 4.69) is 5.32 Å². The zero-order valence-corrected chi connectivity index (χ0v) is 10.9. The van der Waals surface area contributed by atoms with Gasteiger partial charge in [-0.2, -0.15) is 0 Å². The highest BCUT2D eigenvalue weighted by Gasteiger charge is 2.16. The molecule has 0 fully saturated rings. The Morgan fingerprint density at radius 1 is 1.35 bits per heavy atom. The Hall–Kier alpha value is -1.40. The van der Waals surface area contributed by atoms with Crippen LogP contribution in [0.3, 0.4) is 0 Å². The van der Waals surface area contributed by atoms with Crippen LogP contribution in [0.2, 0.25) is 0 Å². The van der Waals surface area contributed by atoms with Crippen molar-refractivity contribution in [2.75, 3.05) is 6.54 Å². The molecule has 3 N–H and O–H groups in total. The topological polar surface area (TPSA) is 89.3 Å². The first-order valence-corrected chi connectivity index (χ1v) is 6.74. The van der Waals surface area contributed by atoms with Crippen molar-refractivity contribution >= 4 is 15.9 Å². The second kappa shape index (κ2) is 4.85. The first-order chi connectivity index (χ1) is 7.77. The first-order valence-electron chi connectivity index (χ1n) is 5.19. The van der Waals surface area contributed by atoms with Crippen molar-refractivity contribution in [3.63, 3.8) is 0 Å². The van der Waals surface area contributed by atoms with Crippen LogP contribution in [-0.2, 0) is 10.0 Å². The molecule has 0 atom stereocenters. The summed E-state index contributed by atoms with van der Waals surface area (Å²) in [6.45, 7) is 5.68. The molecule has 94 valence electrons.